The Labute approximate surface area is 134 Å². The van der Waals surface area contributed by atoms with E-state index in [1.165, 1.54) is 9.36 Å². The summed E-state index contributed by atoms with van der Waals surface area (Å²) >= 11 is 0. The van der Waals surface area contributed by atoms with Crippen LogP contribution in [0.1, 0.15) is 32.8 Å². The van der Waals surface area contributed by atoms with Crippen LogP contribution in [-0.4, -0.2) is 39.1 Å². The number of aryl methyl sites for hydroxylation is 1. The molecule has 0 N–H and O–H groups in total. The Morgan fingerprint density at radius 2 is 2.09 bits per heavy atom. The second-order valence-corrected chi connectivity index (χ2v) is 6.83. The first-order valence-corrected chi connectivity index (χ1v) is 7.74. The molecule has 23 heavy (non-hydrogen) atoms. The van der Waals surface area contributed by atoms with E-state index >= 15 is 0 Å². The van der Waals surface area contributed by atoms with Gasteiger partial charge in [0.1, 0.15) is 17.5 Å². The van der Waals surface area contributed by atoms with E-state index in [4.69, 9.17) is 9.47 Å². The van der Waals surface area contributed by atoms with Crippen molar-refractivity contribution >= 4 is 0 Å². The molecule has 1 aliphatic heterocycles. The number of aromatic nitrogens is 4. The largest absolute Gasteiger partial charge is 0.486 e. The molecule has 0 aliphatic carbocycles. The molecular formula is C16H22N4O3. The molecule has 1 aromatic heterocycles. The van der Waals surface area contributed by atoms with Gasteiger partial charge in [-0.05, 0) is 33.5 Å². The third-order valence-corrected chi connectivity index (χ3v) is 3.96. The van der Waals surface area contributed by atoms with Crippen LogP contribution in [0.3, 0.4) is 0 Å². The average Bonchev–Trinajstić information content (AvgIpc) is 3.10. The van der Waals surface area contributed by atoms with Crippen LogP contribution in [0.25, 0.3) is 5.69 Å². The van der Waals surface area contributed by atoms with Gasteiger partial charge < -0.3 is 9.47 Å². The molecule has 3 rings (SSSR count). The van der Waals surface area contributed by atoms with Crippen molar-refractivity contribution in [2.24, 2.45) is 7.05 Å². The zero-order valence-corrected chi connectivity index (χ0v) is 13.9. The van der Waals surface area contributed by atoms with Gasteiger partial charge in [-0.2, -0.15) is 9.36 Å². The lowest BCUT2D eigenvalue weighted by Gasteiger charge is -2.22. The summed E-state index contributed by atoms with van der Waals surface area (Å²) in [7, 11) is 1.57. The molecule has 0 unspecified atom stereocenters. The standard InChI is InChI=1S/C16H22N4O3/c1-16(2,3)11-5-6-14(23-12-7-8-22-10-12)13(9-11)20-15(21)19(4)17-18-20/h5-6,9,12H,7-8,10H2,1-4H3/t12-/m0/s1. The minimum Gasteiger partial charge on any atom is -0.486 e. The second kappa shape index (κ2) is 5.81. The van der Waals surface area contributed by atoms with Crippen LogP contribution in [-0.2, 0) is 17.2 Å². The third kappa shape index (κ3) is 3.14. The van der Waals surface area contributed by atoms with E-state index in [0.29, 0.717) is 24.7 Å². The lowest BCUT2D eigenvalue weighted by molar-refractivity contribution is 0.141. The number of rotatable bonds is 3. The monoisotopic (exact) mass is 318 g/mol. The molecule has 0 amide bonds. The Morgan fingerprint density at radius 1 is 1.30 bits per heavy atom. The molecule has 0 bridgehead atoms. The molecule has 1 aromatic carbocycles. The van der Waals surface area contributed by atoms with Crippen LogP contribution in [0.2, 0.25) is 0 Å². The topological polar surface area (TPSA) is 71.2 Å². The summed E-state index contributed by atoms with van der Waals surface area (Å²) < 4.78 is 13.9. The fraction of sp³-hybridized carbons (Fsp3) is 0.562. The zero-order valence-electron chi connectivity index (χ0n) is 13.9. The molecular weight excluding hydrogens is 296 g/mol. The summed E-state index contributed by atoms with van der Waals surface area (Å²) in [4.78, 5) is 12.2. The molecule has 2 aromatic rings. The SMILES string of the molecule is Cn1nnn(-c2cc(C(C)(C)C)ccc2O[C@H]2CCOC2)c1=O. The van der Waals surface area contributed by atoms with Crippen molar-refractivity contribution in [1.82, 2.24) is 19.8 Å². The predicted molar refractivity (Wildman–Crippen MR) is 85.2 cm³/mol. The minimum absolute atomic E-state index is 0.00149. The van der Waals surface area contributed by atoms with Crippen LogP contribution in [0.5, 0.6) is 5.75 Å². The normalized spacial score (nSPS) is 18.3. The molecule has 2 heterocycles. The van der Waals surface area contributed by atoms with Crippen LogP contribution in [0, 0.1) is 0 Å². The molecule has 7 heteroatoms. The van der Waals surface area contributed by atoms with Crippen LogP contribution in [0.15, 0.2) is 23.0 Å². The number of tetrazole rings is 1. The van der Waals surface area contributed by atoms with Crippen molar-refractivity contribution in [2.75, 3.05) is 13.2 Å². The lowest BCUT2D eigenvalue weighted by atomic mass is 9.87. The summed E-state index contributed by atoms with van der Waals surface area (Å²) in [6.45, 7) is 7.63. The van der Waals surface area contributed by atoms with E-state index in [1.54, 1.807) is 7.05 Å². The summed E-state index contributed by atoms with van der Waals surface area (Å²) in [5, 5.41) is 7.74. The molecule has 1 atom stereocenters. The Balaban J connectivity index is 2.07. The number of hydrogen-bond acceptors (Lipinski definition) is 5. The van der Waals surface area contributed by atoms with Gasteiger partial charge in [-0.3, -0.25) is 0 Å². The number of hydrogen-bond donors (Lipinski definition) is 0. The Kier molecular flexibility index (Phi) is 3.97. The van der Waals surface area contributed by atoms with E-state index < -0.39 is 0 Å². The van der Waals surface area contributed by atoms with Gasteiger partial charge in [-0.15, -0.1) is 0 Å². The number of nitrogens with zero attached hydrogens (tertiary/aromatic N) is 4. The van der Waals surface area contributed by atoms with Crippen molar-refractivity contribution < 1.29 is 9.47 Å². The van der Waals surface area contributed by atoms with Gasteiger partial charge in [-0.25, -0.2) is 4.79 Å². The van der Waals surface area contributed by atoms with Crippen LogP contribution >= 0.6 is 0 Å². The van der Waals surface area contributed by atoms with Gasteiger partial charge in [-0.1, -0.05) is 26.8 Å². The van der Waals surface area contributed by atoms with Gasteiger partial charge in [0.15, 0.2) is 0 Å². The molecule has 0 saturated carbocycles. The van der Waals surface area contributed by atoms with Gasteiger partial charge >= 0.3 is 5.69 Å². The smallest absolute Gasteiger partial charge is 0.368 e. The quantitative estimate of drug-likeness (QED) is 0.856. The summed E-state index contributed by atoms with van der Waals surface area (Å²) in [6, 6.07) is 5.87. The lowest BCUT2D eigenvalue weighted by Crippen LogP contribution is -2.24. The molecule has 0 spiro atoms. The third-order valence-electron chi connectivity index (χ3n) is 3.96. The minimum atomic E-state index is -0.302. The van der Waals surface area contributed by atoms with Gasteiger partial charge in [0.25, 0.3) is 0 Å². The maximum absolute atomic E-state index is 12.2. The highest BCUT2D eigenvalue weighted by molar-refractivity contribution is 5.49. The fourth-order valence-corrected chi connectivity index (χ4v) is 2.50. The first-order valence-electron chi connectivity index (χ1n) is 7.74. The summed E-state index contributed by atoms with van der Waals surface area (Å²) in [5.41, 5.74) is 1.36. The van der Waals surface area contributed by atoms with Crippen LogP contribution < -0.4 is 10.4 Å². The van der Waals surface area contributed by atoms with Crippen molar-refractivity contribution in [3.05, 3.63) is 34.2 Å². The maximum Gasteiger partial charge on any atom is 0.368 e. The molecule has 124 valence electrons. The second-order valence-electron chi connectivity index (χ2n) is 6.83. The van der Waals surface area contributed by atoms with Crippen molar-refractivity contribution in [3.63, 3.8) is 0 Å². The van der Waals surface area contributed by atoms with Crippen molar-refractivity contribution in [1.29, 1.82) is 0 Å². The van der Waals surface area contributed by atoms with E-state index in [9.17, 15) is 4.79 Å². The zero-order chi connectivity index (χ0) is 16.6. The highest BCUT2D eigenvalue weighted by Crippen LogP contribution is 2.30. The summed E-state index contributed by atoms with van der Waals surface area (Å²) in [5.74, 6) is 0.621. The molecule has 1 saturated heterocycles. The van der Waals surface area contributed by atoms with Gasteiger partial charge in [0.2, 0.25) is 0 Å². The Morgan fingerprint density at radius 3 is 2.65 bits per heavy atom. The molecule has 1 aliphatic rings. The van der Waals surface area contributed by atoms with E-state index in [-0.39, 0.29) is 17.2 Å². The van der Waals surface area contributed by atoms with Gasteiger partial charge in [0, 0.05) is 13.5 Å². The van der Waals surface area contributed by atoms with Gasteiger partial charge in [0.05, 0.1) is 13.2 Å². The molecule has 1 fully saturated rings. The first-order chi connectivity index (χ1) is 10.9. The predicted octanol–water partition coefficient (Wildman–Crippen LogP) is 1.43. The summed E-state index contributed by atoms with van der Waals surface area (Å²) in [6.07, 6.45) is 0.845. The Hall–Kier alpha value is -2.15. The maximum atomic E-state index is 12.2. The highest BCUT2D eigenvalue weighted by Gasteiger charge is 2.23. The van der Waals surface area contributed by atoms with Crippen LogP contribution in [0.4, 0.5) is 0 Å². The highest BCUT2D eigenvalue weighted by atomic mass is 16.5. The van der Waals surface area contributed by atoms with E-state index in [1.807, 2.05) is 18.2 Å². The first kappa shape index (κ1) is 15.7. The Bertz CT molecular complexity index is 751. The van der Waals surface area contributed by atoms with Crippen molar-refractivity contribution in [3.8, 4) is 11.4 Å². The number of benzene rings is 1. The molecule has 0 radical (unpaired) electrons. The van der Waals surface area contributed by atoms with E-state index in [0.717, 1.165) is 12.0 Å². The average molecular weight is 318 g/mol. The van der Waals surface area contributed by atoms with E-state index in [2.05, 4.69) is 31.2 Å². The molecule has 7 nitrogen and oxygen atoms in total. The fourth-order valence-electron chi connectivity index (χ4n) is 2.50. The van der Waals surface area contributed by atoms with Crippen molar-refractivity contribution in [2.45, 2.75) is 38.7 Å². The number of ether oxygens (including phenoxy) is 2.